The molecule has 1 aliphatic heterocycles. The summed E-state index contributed by atoms with van der Waals surface area (Å²) in [6.45, 7) is 3.28. The maximum absolute atomic E-state index is 3.50. The van der Waals surface area contributed by atoms with E-state index in [9.17, 15) is 0 Å². The van der Waals surface area contributed by atoms with Crippen molar-refractivity contribution in [3.63, 3.8) is 0 Å². The third-order valence-corrected chi connectivity index (χ3v) is 2.81. The van der Waals surface area contributed by atoms with Gasteiger partial charge in [0.15, 0.2) is 0 Å². The van der Waals surface area contributed by atoms with Crippen LogP contribution in [0.3, 0.4) is 0 Å². The van der Waals surface area contributed by atoms with Crippen molar-refractivity contribution >= 4 is 0 Å². The molecule has 1 aromatic heterocycles. The third-order valence-electron chi connectivity index (χ3n) is 2.81. The lowest BCUT2D eigenvalue weighted by molar-refractivity contribution is 0.522. The first-order chi connectivity index (χ1) is 6.95. The van der Waals surface area contributed by atoms with Gasteiger partial charge in [-0.15, -0.1) is 0 Å². The molecule has 1 fully saturated rings. The van der Waals surface area contributed by atoms with E-state index in [2.05, 4.69) is 21.7 Å². The minimum Gasteiger partial charge on any atom is -0.364 e. The Kier molecular flexibility index (Phi) is 3.60. The predicted molar refractivity (Wildman–Crippen MR) is 58.1 cm³/mol. The van der Waals surface area contributed by atoms with E-state index in [0.717, 1.165) is 19.1 Å². The van der Waals surface area contributed by atoms with Crippen LogP contribution in [-0.4, -0.2) is 24.1 Å². The van der Waals surface area contributed by atoms with Crippen LogP contribution in [0, 0.1) is 0 Å². The number of aromatic amines is 1. The average molecular weight is 193 g/mol. The third kappa shape index (κ3) is 2.86. The van der Waals surface area contributed by atoms with Gasteiger partial charge in [-0.3, -0.25) is 0 Å². The molecular formula is C11H19N3. The van der Waals surface area contributed by atoms with E-state index in [1.165, 1.54) is 31.5 Å². The minimum atomic E-state index is 0.756. The number of H-pyrrole nitrogens is 1. The molecule has 2 heterocycles. The quantitative estimate of drug-likeness (QED) is 0.616. The van der Waals surface area contributed by atoms with Crippen LogP contribution in [-0.2, 0) is 6.54 Å². The molecule has 2 rings (SSSR count). The number of aromatic nitrogens is 1. The fraction of sp³-hybridized carbons (Fsp3) is 0.636. The molecule has 0 aliphatic carbocycles. The van der Waals surface area contributed by atoms with Crippen LogP contribution in [0.1, 0.15) is 25.0 Å². The molecule has 78 valence electrons. The number of rotatable bonds is 5. The first-order valence-corrected chi connectivity index (χ1v) is 5.51. The molecule has 3 N–H and O–H groups in total. The van der Waals surface area contributed by atoms with Gasteiger partial charge in [0.05, 0.1) is 0 Å². The van der Waals surface area contributed by atoms with Crippen molar-refractivity contribution in [3.05, 3.63) is 24.0 Å². The van der Waals surface area contributed by atoms with E-state index in [-0.39, 0.29) is 0 Å². The zero-order valence-electron chi connectivity index (χ0n) is 8.55. The molecule has 1 unspecified atom stereocenters. The molecule has 0 saturated carbocycles. The van der Waals surface area contributed by atoms with Gasteiger partial charge in [-0.25, -0.2) is 0 Å². The summed E-state index contributed by atoms with van der Waals surface area (Å²) in [6.07, 6.45) is 5.92. The maximum Gasteiger partial charge on any atom is 0.0357 e. The van der Waals surface area contributed by atoms with Crippen molar-refractivity contribution in [2.45, 2.75) is 31.8 Å². The lowest BCUT2D eigenvalue weighted by Crippen LogP contribution is -2.26. The van der Waals surface area contributed by atoms with Crippen molar-refractivity contribution in [3.8, 4) is 0 Å². The van der Waals surface area contributed by atoms with Crippen LogP contribution in [0.4, 0.5) is 0 Å². The lowest BCUT2D eigenvalue weighted by atomic mass is 10.1. The lowest BCUT2D eigenvalue weighted by Gasteiger charge is -2.09. The first kappa shape index (κ1) is 9.74. The summed E-state index contributed by atoms with van der Waals surface area (Å²) in [5, 5.41) is 6.95. The van der Waals surface area contributed by atoms with Gasteiger partial charge < -0.3 is 15.6 Å². The Hall–Kier alpha value is -0.800. The SMILES string of the molecule is c1c[nH]c(CNCCC2CCCN2)c1. The van der Waals surface area contributed by atoms with Crippen LogP contribution in [0.5, 0.6) is 0 Å². The second-order valence-corrected chi connectivity index (χ2v) is 3.95. The van der Waals surface area contributed by atoms with E-state index in [1.54, 1.807) is 0 Å². The van der Waals surface area contributed by atoms with E-state index in [0.29, 0.717) is 0 Å². The molecule has 14 heavy (non-hydrogen) atoms. The molecular weight excluding hydrogens is 174 g/mol. The largest absolute Gasteiger partial charge is 0.364 e. The number of hydrogen-bond donors (Lipinski definition) is 3. The highest BCUT2D eigenvalue weighted by atomic mass is 15.0. The standard InChI is InChI=1S/C11H19N3/c1-3-10(13-6-1)5-8-12-9-11-4-2-7-14-11/h2,4,7,10,12-14H,1,3,5-6,8-9H2. The zero-order chi connectivity index (χ0) is 9.64. The molecule has 1 aliphatic rings. The Morgan fingerprint density at radius 2 is 2.50 bits per heavy atom. The van der Waals surface area contributed by atoms with Crippen LogP contribution in [0.2, 0.25) is 0 Å². The van der Waals surface area contributed by atoms with E-state index < -0.39 is 0 Å². The van der Waals surface area contributed by atoms with Gasteiger partial charge in [0.2, 0.25) is 0 Å². The molecule has 3 heteroatoms. The zero-order valence-corrected chi connectivity index (χ0v) is 8.55. The Morgan fingerprint density at radius 1 is 1.50 bits per heavy atom. The maximum atomic E-state index is 3.50. The van der Waals surface area contributed by atoms with Gasteiger partial charge in [-0.2, -0.15) is 0 Å². The topological polar surface area (TPSA) is 39.9 Å². The monoisotopic (exact) mass is 193 g/mol. The molecule has 0 bridgehead atoms. The van der Waals surface area contributed by atoms with Gasteiger partial charge in [0, 0.05) is 24.5 Å². The molecule has 0 amide bonds. The van der Waals surface area contributed by atoms with Gasteiger partial charge in [0.1, 0.15) is 0 Å². The highest BCUT2D eigenvalue weighted by Gasteiger charge is 2.12. The van der Waals surface area contributed by atoms with Gasteiger partial charge >= 0.3 is 0 Å². The number of hydrogen-bond acceptors (Lipinski definition) is 2. The molecule has 0 aromatic carbocycles. The molecule has 1 atom stereocenters. The minimum absolute atomic E-state index is 0.756. The molecule has 0 spiro atoms. The summed E-state index contributed by atoms with van der Waals surface area (Å²) in [7, 11) is 0. The second-order valence-electron chi connectivity index (χ2n) is 3.95. The first-order valence-electron chi connectivity index (χ1n) is 5.51. The summed E-state index contributed by atoms with van der Waals surface area (Å²) >= 11 is 0. The summed E-state index contributed by atoms with van der Waals surface area (Å²) in [6, 6.07) is 4.90. The van der Waals surface area contributed by atoms with Crippen molar-refractivity contribution in [2.75, 3.05) is 13.1 Å². The fourth-order valence-electron chi connectivity index (χ4n) is 1.98. The van der Waals surface area contributed by atoms with Crippen molar-refractivity contribution < 1.29 is 0 Å². The summed E-state index contributed by atoms with van der Waals surface area (Å²) in [5.74, 6) is 0. The highest BCUT2D eigenvalue weighted by molar-refractivity contribution is 5.02. The van der Waals surface area contributed by atoms with Crippen molar-refractivity contribution in [1.29, 1.82) is 0 Å². The van der Waals surface area contributed by atoms with Crippen molar-refractivity contribution in [2.24, 2.45) is 0 Å². The number of nitrogens with one attached hydrogen (secondary N) is 3. The molecule has 3 nitrogen and oxygen atoms in total. The predicted octanol–water partition coefficient (Wildman–Crippen LogP) is 1.25. The van der Waals surface area contributed by atoms with Crippen molar-refractivity contribution in [1.82, 2.24) is 15.6 Å². The molecule has 1 saturated heterocycles. The van der Waals surface area contributed by atoms with E-state index >= 15 is 0 Å². The smallest absolute Gasteiger partial charge is 0.0357 e. The average Bonchev–Trinajstić information content (AvgIpc) is 2.86. The van der Waals surface area contributed by atoms with Crippen LogP contribution >= 0.6 is 0 Å². The fourth-order valence-corrected chi connectivity index (χ4v) is 1.98. The van der Waals surface area contributed by atoms with E-state index in [4.69, 9.17) is 0 Å². The normalized spacial score (nSPS) is 21.6. The summed E-state index contributed by atoms with van der Waals surface area (Å²) in [5.41, 5.74) is 1.27. The van der Waals surface area contributed by atoms with E-state index in [1.807, 2.05) is 12.3 Å². The Labute approximate surface area is 85.3 Å². The van der Waals surface area contributed by atoms with Gasteiger partial charge in [-0.05, 0) is 44.5 Å². The molecule has 0 radical (unpaired) electrons. The summed E-state index contributed by atoms with van der Waals surface area (Å²) < 4.78 is 0. The Balaban J connectivity index is 1.55. The second kappa shape index (κ2) is 5.17. The van der Waals surface area contributed by atoms with Gasteiger partial charge in [-0.1, -0.05) is 0 Å². The van der Waals surface area contributed by atoms with Gasteiger partial charge in [0.25, 0.3) is 0 Å². The van der Waals surface area contributed by atoms with Crippen LogP contribution in [0.15, 0.2) is 18.3 Å². The Bertz CT molecular complexity index is 237. The van der Waals surface area contributed by atoms with Crippen LogP contribution in [0.25, 0.3) is 0 Å². The summed E-state index contributed by atoms with van der Waals surface area (Å²) in [4.78, 5) is 3.19. The van der Waals surface area contributed by atoms with Crippen LogP contribution < -0.4 is 10.6 Å². The Morgan fingerprint density at radius 3 is 3.21 bits per heavy atom. The highest BCUT2D eigenvalue weighted by Crippen LogP contribution is 2.07. The molecule has 1 aromatic rings.